The summed E-state index contributed by atoms with van der Waals surface area (Å²) in [6.45, 7) is 2.57. The predicted molar refractivity (Wildman–Crippen MR) is 46.1 cm³/mol. The maximum absolute atomic E-state index is 11.8. The van der Waals surface area contributed by atoms with Gasteiger partial charge < -0.3 is 5.32 Å². The van der Waals surface area contributed by atoms with Crippen LogP contribution in [0.5, 0.6) is 0 Å². The highest BCUT2D eigenvalue weighted by molar-refractivity contribution is 7.15. The standard InChI is InChI=1S/C7H9F3N2S/c1-4-5(2)13-6(12-4)11-3-7(8,9)10/h3H2,1-2H3,(H,11,12). The summed E-state index contributed by atoms with van der Waals surface area (Å²) in [4.78, 5) is 4.86. The Bertz CT molecular complexity index is 273. The van der Waals surface area contributed by atoms with Crippen molar-refractivity contribution in [1.82, 2.24) is 4.98 Å². The fraction of sp³-hybridized carbons (Fsp3) is 0.571. The van der Waals surface area contributed by atoms with Gasteiger partial charge in [-0.15, -0.1) is 11.3 Å². The molecule has 0 unspecified atom stereocenters. The van der Waals surface area contributed by atoms with E-state index >= 15 is 0 Å². The largest absolute Gasteiger partial charge is 0.405 e. The molecule has 0 aliphatic carbocycles. The molecule has 2 nitrogen and oxygen atoms in total. The van der Waals surface area contributed by atoms with E-state index < -0.39 is 12.7 Å². The first-order valence-electron chi connectivity index (χ1n) is 3.63. The van der Waals surface area contributed by atoms with Crippen molar-refractivity contribution in [1.29, 1.82) is 0 Å². The van der Waals surface area contributed by atoms with Gasteiger partial charge in [-0.05, 0) is 13.8 Å². The van der Waals surface area contributed by atoms with E-state index in [0.29, 0.717) is 5.13 Å². The van der Waals surface area contributed by atoms with Crippen LogP contribution in [0.25, 0.3) is 0 Å². The van der Waals surface area contributed by atoms with Crippen LogP contribution in [-0.2, 0) is 0 Å². The van der Waals surface area contributed by atoms with Crippen molar-refractivity contribution in [2.45, 2.75) is 20.0 Å². The minimum atomic E-state index is -4.19. The fourth-order valence-electron chi connectivity index (χ4n) is 0.724. The number of alkyl halides is 3. The minimum Gasteiger partial charge on any atom is -0.352 e. The maximum Gasteiger partial charge on any atom is 0.405 e. The zero-order valence-corrected chi connectivity index (χ0v) is 8.01. The van der Waals surface area contributed by atoms with Crippen molar-refractivity contribution >= 4 is 16.5 Å². The first kappa shape index (κ1) is 10.3. The van der Waals surface area contributed by atoms with Crippen LogP contribution in [0.1, 0.15) is 10.6 Å². The Morgan fingerprint density at radius 3 is 2.38 bits per heavy atom. The van der Waals surface area contributed by atoms with Crippen molar-refractivity contribution < 1.29 is 13.2 Å². The Morgan fingerprint density at radius 1 is 1.38 bits per heavy atom. The summed E-state index contributed by atoms with van der Waals surface area (Å²) in [5.74, 6) is 0. The summed E-state index contributed by atoms with van der Waals surface area (Å²) in [7, 11) is 0. The molecule has 6 heteroatoms. The lowest BCUT2D eigenvalue weighted by Crippen LogP contribution is -2.21. The number of aryl methyl sites for hydroxylation is 2. The van der Waals surface area contributed by atoms with Gasteiger partial charge in [0, 0.05) is 4.88 Å². The molecule has 0 aliphatic rings. The van der Waals surface area contributed by atoms with Crippen molar-refractivity contribution in [3.8, 4) is 0 Å². The van der Waals surface area contributed by atoms with Crippen LogP contribution in [0.3, 0.4) is 0 Å². The monoisotopic (exact) mass is 210 g/mol. The number of hydrogen-bond donors (Lipinski definition) is 1. The summed E-state index contributed by atoms with van der Waals surface area (Å²) < 4.78 is 35.3. The molecule has 0 bridgehead atoms. The Labute approximate surface area is 77.8 Å². The molecule has 0 radical (unpaired) electrons. The quantitative estimate of drug-likeness (QED) is 0.811. The van der Waals surface area contributed by atoms with Gasteiger partial charge in [-0.1, -0.05) is 0 Å². The summed E-state index contributed by atoms with van der Waals surface area (Å²) in [5, 5.41) is 2.55. The van der Waals surface area contributed by atoms with E-state index in [0.717, 1.165) is 10.6 Å². The van der Waals surface area contributed by atoms with Crippen LogP contribution >= 0.6 is 11.3 Å². The van der Waals surface area contributed by atoms with E-state index in [2.05, 4.69) is 10.3 Å². The Morgan fingerprint density at radius 2 is 2.00 bits per heavy atom. The number of hydrogen-bond acceptors (Lipinski definition) is 3. The van der Waals surface area contributed by atoms with Crippen LogP contribution in [0, 0.1) is 13.8 Å². The number of halogens is 3. The van der Waals surface area contributed by atoms with Crippen LogP contribution in [-0.4, -0.2) is 17.7 Å². The number of aromatic nitrogens is 1. The zero-order valence-electron chi connectivity index (χ0n) is 7.20. The van der Waals surface area contributed by atoms with Crippen molar-refractivity contribution in [3.63, 3.8) is 0 Å². The van der Waals surface area contributed by atoms with E-state index in [1.54, 1.807) is 6.92 Å². The normalized spacial score (nSPS) is 11.8. The average Bonchev–Trinajstić information content (AvgIpc) is 2.27. The number of nitrogens with one attached hydrogen (secondary N) is 1. The lowest BCUT2D eigenvalue weighted by molar-refractivity contribution is -0.115. The third kappa shape index (κ3) is 3.22. The summed E-state index contributed by atoms with van der Waals surface area (Å²) >= 11 is 1.23. The van der Waals surface area contributed by atoms with Gasteiger partial charge in [-0.2, -0.15) is 13.2 Å². The number of nitrogens with zero attached hydrogens (tertiary/aromatic N) is 1. The highest BCUT2D eigenvalue weighted by Gasteiger charge is 2.27. The smallest absolute Gasteiger partial charge is 0.352 e. The van der Waals surface area contributed by atoms with Gasteiger partial charge in [0.15, 0.2) is 5.13 Å². The molecule has 0 aromatic carbocycles. The van der Waals surface area contributed by atoms with E-state index in [4.69, 9.17) is 0 Å². The molecule has 74 valence electrons. The van der Waals surface area contributed by atoms with E-state index in [1.807, 2.05) is 6.92 Å². The molecule has 1 heterocycles. The molecule has 13 heavy (non-hydrogen) atoms. The van der Waals surface area contributed by atoms with Gasteiger partial charge in [-0.25, -0.2) is 4.98 Å². The minimum absolute atomic E-state index is 0.326. The summed E-state index contributed by atoms with van der Waals surface area (Å²) in [5.41, 5.74) is 0.773. The molecule has 0 fully saturated rings. The van der Waals surface area contributed by atoms with Crippen LogP contribution < -0.4 is 5.32 Å². The third-order valence-corrected chi connectivity index (χ3v) is 2.50. The Hall–Kier alpha value is -0.780. The van der Waals surface area contributed by atoms with Gasteiger partial charge in [0.05, 0.1) is 5.69 Å². The molecule has 0 aliphatic heterocycles. The third-order valence-electron chi connectivity index (χ3n) is 1.47. The molecule has 0 saturated heterocycles. The van der Waals surface area contributed by atoms with Gasteiger partial charge in [-0.3, -0.25) is 0 Å². The second-order valence-corrected chi connectivity index (χ2v) is 3.83. The van der Waals surface area contributed by atoms with Gasteiger partial charge in [0.1, 0.15) is 6.54 Å². The summed E-state index contributed by atoms with van der Waals surface area (Å²) in [6, 6.07) is 0. The molecule has 0 saturated carbocycles. The van der Waals surface area contributed by atoms with Crippen LogP contribution in [0.4, 0.5) is 18.3 Å². The molecule has 1 N–H and O–H groups in total. The predicted octanol–water partition coefficient (Wildman–Crippen LogP) is 2.73. The van der Waals surface area contributed by atoms with Gasteiger partial charge in [0.25, 0.3) is 0 Å². The second-order valence-electron chi connectivity index (χ2n) is 2.63. The molecule has 1 aromatic heterocycles. The highest BCUT2D eigenvalue weighted by atomic mass is 32.1. The van der Waals surface area contributed by atoms with Gasteiger partial charge >= 0.3 is 6.18 Å². The number of rotatable bonds is 2. The highest BCUT2D eigenvalue weighted by Crippen LogP contribution is 2.23. The maximum atomic E-state index is 11.8. The topological polar surface area (TPSA) is 24.9 Å². The SMILES string of the molecule is Cc1nc(NCC(F)(F)F)sc1C. The fourth-order valence-corrected chi connectivity index (χ4v) is 1.53. The molecule has 0 amide bonds. The lowest BCUT2D eigenvalue weighted by atomic mass is 10.4. The Balaban J connectivity index is 2.56. The number of thiazole rings is 1. The Kier molecular flexibility index (Phi) is 2.80. The number of anilines is 1. The molecule has 1 aromatic rings. The van der Waals surface area contributed by atoms with Crippen LogP contribution in [0.2, 0.25) is 0 Å². The van der Waals surface area contributed by atoms with Gasteiger partial charge in [0.2, 0.25) is 0 Å². The van der Waals surface area contributed by atoms with Crippen molar-refractivity contribution in [2.75, 3.05) is 11.9 Å². The van der Waals surface area contributed by atoms with Crippen molar-refractivity contribution in [3.05, 3.63) is 10.6 Å². The first-order chi connectivity index (χ1) is 5.88. The van der Waals surface area contributed by atoms with E-state index in [9.17, 15) is 13.2 Å². The van der Waals surface area contributed by atoms with Crippen LogP contribution in [0.15, 0.2) is 0 Å². The molecular weight excluding hydrogens is 201 g/mol. The zero-order chi connectivity index (χ0) is 10.1. The second kappa shape index (κ2) is 3.53. The van der Waals surface area contributed by atoms with Crippen molar-refractivity contribution in [2.24, 2.45) is 0 Å². The molecule has 0 atom stereocenters. The van der Waals surface area contributed by atoms with E-state index in [-0.39, 0.29) is 0 Å². The molecule has 0 spiro atoms. The first-order valence-corrected chi connectivity index (χ1v) is 4.45. The summed E-state index contributed by atoms with van der Waals surface area (Å²) in [6.07, 6.45) is -4.19. The average molecular weight is 210 g/mol. The lowest BCUT2D eigenvalue weighted by Gasteiger charge is -2.05. The van der Waals surface area contributed by atoms with E-state index in [1.165, 1.54) is 11.3 Å². The molecule has 1 rings (SSSR count). The molecular formula is C7H9F3N2S.